The van der Waals surface area contributed by atoms with Crippen molar-refractivity contribution in [2.75, 3.05) is 19.3 Å². The van der Waals surface area contributed by atoms with E-state index in [4.69, 9.17) is 14.9 Å². The van der Waals surface area contributed by atoms with Crippen LogP contribution >= 0.6 is 0 Å². The first-order chi connectivity index (χ1) is 18.3. The lowest BCUT2D eigenvalue weighted by molar-refractivity contribution is -0.0402. The number of nitrogens with two attached hydrogens (primary N) is 1. The van der Waals surface area contributed by atoms with Gasteiger partial charge in [-0.3, -0.25) is 0 Å². The Hall–Kier alpha value is -2.86. The third-order valence-corrected chi connectivity index (χ3v) is 14.9. The third-order valence-electron chi connectivity index (χ3n) is 9.91. The molecule has 5 atom stereocenters. The van der Waals surface area contributed by atoms with Gasteiger partial charge in [0.25, 0.3) is 8.32 Å². The molecule has 38 heavy (non-hydrogen) atoms. The van der Waals surface area contributed by atoms with Crippen molar-refractivity contribution in [3.8, 4) is 5.75 Å². The maximum Gasteiger partial charge on any atom is 0.262 e. The molecule has 1 saturated heterocycles. The second kappa shape index (κ2) is 8.32. The Morgan fingerprint density at radius 2 is 1.61 bits per heavy atom. The van der Waals surface area contributed by atoms with Gasteiger partial charge in [0, 0.05) is 22.9 Å². The van der Waals surface area contributed by atoms with E-state index in [0.717, 1.165) is 30.8 Å². The Morgan fingerprint density at radius 3 is 2.24 bits per heavy atom. The van der Waals surface area contributed by atoms with Crippen LogP contribution in [0.15, 0.2) is 84.9 Å². The zero-order valence-electron chi connectivity index (χ0n) is 22.9. The summed E-state index contributed by atoms with van der Waals surface area (Å²) < 4.78 is 14.7. The highest BCUT2D eigenvalue weighted by Crippen LogP contribution is 2.62. The molecule has 7 rings (SSSR count). The molecule has 3 aromatic rings. The highest BCUT2D eigenvalue weighted by Gasteiger charge is 2.65. The molecule has 1 fully saturated rings. The number of anilines is 1. The predicted molar refractivity (Wildman–Crippen MR) is 157 cm³/mol. The minimum Gasteiger partial charge on any atom is -0.484 e. The molecule has 0 radical (unpaired) electrons. The second-order valence-corrected chi connectivity index (χ2v) is 17.0. The Kier molecular flexibility index (Phi) is 5.30. The van der Waals surface area contributed by atoms with Crippen LogP contribution in [-0.4, -0.2) is 45.1 Å². The number of rotatable bonds is 4. The Morgan fingerprint density at radius 1 is 0.947 bits per heavy atom. The Labute approximate surface area is 227 Å². The molecular weight excluding hydrogens is 484 g/mol. The number of likely N-dealkylation sites (tertiary alicyclic amines) is 1. The topological polar surface area (TPSA) is 47.7 Å². The van der Waals surface area contributed by atoms with Gasteiger partial charge in [-0.2, -0.15) is 0 Å². The van der Waals surface area contributed by atoms with Gasteiger partial charge in [-0.05, 0) is 53.5 Å². The molecule has 4 aliphatic rings. The summed E-state index contributed by atoms with van der Waals surface area (Å²) in [6, 6.07) is 26.6. The average molecular weight is 523 g/mol. The number of hydrogen-bond acceptors (Lipinski definition) is 4. The standard InChI is InChI=1S/C33H38N2O2Si/c1-32(2,3)38(23-11-7-5-8-12-23,24-13-9-6-10-14-24)37-28-18-16-25-27-21-22-15-17-26(34)30-29(22)33(25,31(28)36-30)19-20-35(27)4/h5-18,25,27-28,31H,19-21,34H2,1-4H3/t25-,27+,28-,31-,33-/m0/s1. The van der Waals surface area contributed by atoms with Gasteiger partial charge in [-0.25, -0.2) is 0 Å². The van der Waals surface area contributed by atoms with Crippen LogP contribution < -0.4 is 20.8 Å². The number of hydrogen-bond donors (Lipinski definition) is 1. The SMILES string of the molecule is CN1CC[C@]23c4c5ccc(N)c4O[C@H]2[C@@H](O[Si](c2ccccc2)(c2ccccc2)C(C)(C)C)C=C[C@H]3[C@H]1C5. The van der Waals surface area contributed by atoms with Gasteiger partial charge < -0.3 is 19.8 Å². The van der Waals surface area contributed by atoms with Gasteiger partial charge in [0.2, 0.25) is 0 Å². The Balaban J connectivity index is 1.42. The maximum atomic E-state index is 7.70. The molecule has 4 nitrogen and oxygen atoms in total. The van der Waals surface area contributed by atoms with E-state index in [0.29, 0.717) is 12.0 Å². The summed E-state index contributed by atoms with van der Waals surface area (Å²) in [5.41, 5.74) is 10.0. The van der Waals surface area contributed by atoms with Crippen LogP contribution in [0, 0.1) is 5.92 Å². The van der Waals surface area contributed by atoms with Crippen LogP contribution in [0.2, 0.25) is 5.04 Å². The molecule has 1 spiro atoms. The van der Waals surface area contributed by atoms with Gasteiger partial charge in [0.05, 0.1) is 5.69 Å². The van der Waals surface area contributed by atoms with E-state index in [2.05, 4.69) is 112 Å². The van der Waals surface area contributed by atoms with Crippen molar-refractivity contribution >= 4 is 24.4 Å². The van der Waals surface area contributed by atoms with E-state index in [-0.39, 0.29) is 22.7 Å². The van der Waals surface area contributed by atoms with Gasteiger partial charge in [-0.15, -0.1) is 0 Å². The van der Waals surface area contributed by atoms with E-state index in [1.165, 1.54) is 21.5 Å². The van der Waals surface area contributed by atoms with Crippen LogP contribution in [-0.2, 0) is 16.3 Å². The number of nitrogens with zero attached hydrogens (tertiary/aromatic N) is 1. The molecule has 2 heterocycles. The lowest BCUT2D eigenvalue weighted by Crippen LogP contribution is -2.71. The first kappa shape index (κ1) is 24.2. The highest BCUT2D eigenvalue weighted by molar-refractivity contribution is 6.99. The monoisotopic (exact) mass is 522 g/mol. The van der Waals surface area contributed by atoms with Crippen LogP contribution in [0.3, 0.4) is 0 Å². The van der Waals surface area contributed by atoms with Crippen molar-refractivity contribution in [2.45, 2.75) is 62.3 Å². The van der Waals surface area contributed by atoms with Crippen LogP contribution in [0.1, 0.15) is 38.3 Å². The summed E-state index contributed by atoms with van der Waals surface area (Å²) in [6.45, 7) is 8.10. The fourth-order valence-electron chi connectivity index (χ4n) is 8.25. The highest BCUT2D eigenvalue weighted by atomic mass is 28.4. The van der Waals surface area contributed by atoms with Crippen molar-refractivity contribution in [2.24, 2.45) is 5.92 Å². The predicted octanol–water partition coefficient (Wildman–Crippen LogP) is 4.66. The lowest BCUT2D eigenvalue weighted by atomic mass is 9.53. The van der Waals surface area contributed by atoms with Crippen LogP contribution in [0.25, 0.3) is 0 Å². The summed E-state index contributed by atoms with van der Waals surface area (Å²) in [7, 11) is -0.480. The van der Waals surface area contributed by atoms with Gasteiger partial charge in [-0.1, -0.05) is 99.7 Å². The quantitative estimate of drug-likeness (QED) is 0.308. The van der Waals surface area contributed by atoms with Gasteiger partial charge in [0.15, 0.2) is 0 Å². The molecule has 2 aliphatic heterocycles. The molecule has 196 valence electrons. The normalized spacial score (nSPS) is 29.6. The summed E-state index contributed by atoms with van der Waals surface area (Å²) in [5, 5.41) is 2.50. The van der Waals surface area contributed by atoms with Crippen molar-refractivity contribution in [3.63, 3.8) is 0 Å². The molecule has 3 aromatic carbocycles. The largest absolute Gasteiger partial charge is 0.484 e. The fraction of sp³-hybridized carbons (Fsp3) is 0.394. The molecule has 2 bridgehead atoms. The second-order valence-electron chi connectivity index (χ2n) is 12.8. The molecule has 0 amide bonds. The number of piperidine rings is 1. The maximum absolute atomic E-state index is 7.70. The zero-order valence-corrected chi connectivity index (χ0v) is 23.9. The lowest BCUT2D eigenvalue weighted by Gasteiger charge is -2.58. The van der Waals surface area contributed by atoms with Gasteiger partial charge >= 0.3 is 0 Å². The first-order valence-electron chi connectivity index (χ1n) is 14.0. The van der Waals surface area contributed by atoms with Crippen molar-refractivity contribution < 1.29 is 9.16 Å². The van der Waals surface area contributed by atoms with Crippen LogP contribution in [0.5, 0.6) is 5.75 Å². The molecular formula is C33H38N2O2Si. The van der Waals surface area contributed by atoms with E-state index in [9.17, 15) is 0 Å². The zero-order chi connectivity index (χ0) is 26.3. The first-order valence-corrected chi connectivity index (χ1v) is 15.9. The van der Waals surface area contributed by atoms with E-state index < -0.39 is 8.32 Å². The molecule has 0 aromatic heterocycles. The number of nitrogen functional groups attached to an aromatic ring is 1. The average Bonchev–Trinajstić information content (AvgIpc) is 3.27. The minimum absolute atomic E-state index is 0.0888. The minimum atomic E-state index is -2.76. The summed E-state index contributed by atoms with van der Waals surface area (Å²) >= 11 is 0. The summed E-state index contributed by atoms with van der Waals surface area (Å²) in [5.74, 6) is 1.32. The van der Waals surface area contributed by atoms with E-state index in [1.807, 2.05) is 6.07 Å². The summed E-state index contributed by atoms with van der Waals surface area (Å²) in [6.07, 6.45) is 6.67. The van der Waals surface area contributed by atoms with Crippen molar-refractivity contribution in [1.29, 1.82) is 0 Å². The molecule has 2 N–H and O–H groups in total. The van der Waals surface area contributed by atoms with Gasteiger partial charge in [0.1, 0.15) is 18.0 Å². The molecule has 0 unspecified atom stereocenters. The molecule has 5 heteroatoms. The smallest absolute Gasteiger partial charge is 0.262 e. The van der Waals surface area contributed by atoms with Crippen molar-refractivity contribution in [1.82, 2.24) is 4.90 Å². The fourth-order valence-corrected chi connectivity index (χ4v) is 12.9. The molecule has 2 aliphatic carbocycles. The Bertz CT molecular complexity index is 1360. The number of benzene rings is 3. The van der Waals surface area contributed by atoms with E-state index in [1.54, 1.807) is 0 Å². The van der Waals surface area contributed by atoms with E-state index >= 15 is 0 Å². The summed E-state index contributed by atoms with van der Waals surface area (Å²) in [4.78, 5) is 2.55. The number of likely N-dealkylation sites (N-methyl/N-ethyl adjacent to an activating group) is 1. The number of ether oxygens (including phenoxy) is 1. The van der Waals surface area contributed by atoms with Crippen molar-refractivity contribution in [3.05, 3.63) is 96.1 Å². The molecule has 0 saturated carbocycles. The van der Waals surface area contributed by atoms with Crippen LogP contribution in [0.4, 0.5) is 5.69 Å². The third kappa shape index (κ3) is 3.10.